The van der Waals surface area contributed by atoms with Crippen molar-refractivity contribution in [3.05, 3.63) is 20.7 Å². The van der Waals surface area contributed by atoms with Crippen molar-refractivity contribution < 1.29 is 4.79 Å². The van der Waals surface area contributed by atoms with E-state index in [2.05, 4.69) is 30.9 Å². The minimum Gasteiger partial charge on any atom is -0.384 e. The molecule has 2 rings (SSSR count). The number of carbonyl (C=O) groups is 1. The smallest absolute Gasteiger partial charge is 0.261 e. The van der Waals surface area contributed by atoms with Gasteiger partial charge in [0.25, 0.3) is 5.56 Å². The zero-order chi connectivity index (χ0) is 13.7. The lowest BCUT2D eigenvalue weighted by atomic mass is 9.90. The third kappa shape index (κ3) is 1.94. The van der Waals surface area contributed by atoms with Gasteiger partial charge in [0.15, 0.2) is 5.82 Å². The van der Waals surface area contributed by atoms with Gasteiger partial charge in [-0.3, -0.25) is 9.59 Å². The third-order valence-corrected chi connectivity index (χ3v) is 3.35. The van der Waals surface area contributed by atoms with Gasteiger partial charge in [-0.15, -0.1) is 0 Å². The molecular weight excluding hydrogens is 300 g/mol. The van der Waals surface area contributed by atoms with Crippen LogP contribution in [0.2, 0.25) is 0 Å². The highest BCUT2D eigenvalue weighted by Crippen LogP contribution is 2.26. The van der Waals surface area contributed by atoms with E-state index in [0.717, 1.165) is 0 Å². The molecular formula is C11H13BrN4O2. The molecule has 6 nitrogen and oxygen atoms in total. The summed E-state index contributed by atoms with van der Waals surface area (Å²) in [7, 11) is 0. The van der Waals surface area contributed by atoms with Crippen LogP contribution in [0.5, 0.6) is 0 Å². The van der Waals surface area contributed by atoms with E-state index in [1.807, 2.05) is 0 Å². The number of hydrogen-bond donors (Lipinski definition) is 3. The van der Waals surface area contributed by atoms with Crippen molar-refractivity contribution >= 4 is 38.6 Å². The Labute approximate surface area is 111 Å². The Bertz CT molecular complexity index is 693. The highest BCUT2D eigenvalue weighted by Gasteiger charge is 2.26. The molecule has 0 atom stereocenters. The maximum atomic E-state index is 12.1. The van der Waals surface area contributed by atoms with Gasteiger partial charge in [0.1, 0.15) is 16.9 Å². The van der Waals surface area contributed by atoms with Gasteiger partial charge in [0.05, 0.1) is 4.47 Å². The molecule has 96 valence electrons. The Morgan fingerprint density at radius 1 is 1.33 bits per heavy atom. The molecule has 0 radical (unpaired) electrons. The number of fused-ring (bicyclic) bond motifs is 1. The number of nitrogens with two attached hydrogens (primary N) is 1. The van der Waals surface area contributed by atoms with E-state index in [1.165, 1.54) is 0 Å². The second-order valence-corrected chi connectivity index (χ2v) is 5.86. The average molecular weight is 313 g/mol. The number of hydrogen-bond acceptors (Lipinski definition) is 4. The molecule has 7 heteroatoms. The van der Waals surface area contributed by atoms with Gasteiger partial charge in [-0.2, -0.15) is 0 Å². The first-order valence-corrected chi connectivity index (χ1v) is 6.13. The van der Waals surface area contributed by atoms with Crippen LogP contribution in [0.25, 0.3) is 11.0 Å². The van der Waals surface area contributed by atoms with Crippen molar-refractivity contribution in [3.8, 4) is 0 Å². The maximum absolute atomic E-state index is 12.1. The Hall–Kier alpha value is -1.63. The van der Waals surface area contributed by atoms with E-state index in [0.29, 0.717) is 21.3 Å². The molecule has 0 aliphatic heterocycles. The molecule has 18 heavy (non-hydrogen) atoms. The number of H-pyrrole nitrogens is 2. The Kier molecular flexibility index (Phi) is 2.81. The van der Waals surface area contributed by atoms with Crippen LogP contribution in [-0.4, -0.2) is 20.7 Å². The number of carbonyl (C=O) groups excluding carboxylic acids is 1. The number of nitrogens with one attached hydrogen (secondary N) is 2. The van der Waals surface area contributed by atoms with Gasteiger partial charge in [-0.25, -0.2) is 4.98 Å². The van der Waals surface area contributed by atoms with E-state index < -0.39 is 11.0 Å². The van der Waals surface area contributed by atoms with Crippen molar-refractivity contribution in [2.24, 2.45) is 5.41 Å². The number of Topliss-reactive ketones (excluding diaryl/α,β-unsaturated/α-hetero) is 1. The largest absolute Gasteiger partial charge is 0.384 e. The van der Waals surface area contributed by atoms with Gasteiger partial charge in [0.2, 0.25) is 5.78 Å². The van der Waals surface area contributed by atoms with Gasteiger partial charge in [-0.1, -0.05) is 20.8 Å². The summed E-state index contributed by atoms with van der Waals surface area (Å²) >= 11 is 3.20. The molecule has 2 aromatic heterocycles. The number of aromatic amines is 2. The predicted octanol–water partition coefficient (Wildman–Crippen LogP) is 1.82. The minimum atomic E-state index is -0.612. The molecule has 0 aliphatic carbocycles. The van der Waals surface area contributed by atoms with Crippen molar-refractivity contribution in [3.63, 3.8) is 0 Å². The van der Waals surface area contributed by atoms with Crippen LogP contribution in [0.1, 0.15) is 31.4 Å². The van der Waals surface area contributed by atoms with Gasteiger partial charge in [-0.05, 0) is 15.9 Å². The van der Waals surface area contributed by atoms with E-state index in [1.54, 1.807) is 20.8 Å². The van der Waals surface area contributed by atoms with Crippen molar-refractivity contribution in [1.82, 2.24) is 15.0 Å². The van der Waals surface area contributed by atoms with Crippen LogP contribution in [0.15, 0.2) is 9.27 Å². The van der Waals surface area contributed by atoms with Crippen molar-refractivity contribution in [2.75, 3.05) is 5.73 Å². The standard InChI is InChI=1S/C11H13BrN4O2/c1-11(2,3)6(17)9-15-8-4(10(18)16-9)5(12)7(13)14-8/h13H2,1-3H3,(H2,14,15,16,18). The van der Waals surface area contributed by atoms with Crippen LogP contribution in [-0.2, 0) is 0 Å². The first-order chi connectivity index (χ1) is 8.21. The highest BCUT2D eigenvalue weighted by atomic mass is 79.9. The van der Waals surface area contributed by atoms with Gasteiger partial charge < -0.3 is 15.7 Å². The molecule has 0 bridgehead atoms. The molecule has 0 aliphatic rings. The summed E-state index contributed by atoms with van der Waals surface area (Å²) in [5.41, 5.74) is 4.95. The van der Waals surface area contributed by atoms with Crippen LogP contribution < -0.4 is 11.3 Å². The molecule has 0 unspecified atom stereocenters. The number of halogens is 1. The number of nitrogens with zero attached hydrogens (tertiary/aromatic N) is 1. The quantitative estimate of drug-likeness (QED) is 0.698. The van der Waals surface area contributed by atoms with E-state index in [-0.39, 0.29) is 11.6 Å². The fraction of sp³-hybridized carbons (Fsp3) is 0.364. The van der Waals surface area contributed by atoms with Crippen molar-refractivity contribution in [1.29, 1.82) is 0 Å². The summed E-state index contributed by atoms with van der Waals surface area (Å²) in [4.78, 5) is 33.3. The lowest BCUT2D eigenvalue weighted by Gasteiger charge is -2.15. The third-order valence-electron chi connectivity index (χ3n) is 2.52. The van der Waals surface area contributed by atoms with Crippen LogP contribution in [0.3, 0.4) is 0 Å². The first kappa shape index (κ1) is 12.8. The zero-order valence-corrected chi connectivity index (χ0v) is 11.8. The van der Waals surface area contributed by atoms with Gasteiger partial charge in [0, 0.05) is 5.41 Å². The SMILES string of the molecule is CC(C)(C)C(=O)c1nc2[nH]c(N)c(Br)c2c(=O)[nH]1. The normalized spacial score (nSPS) is 12.0. The second kappa shape index (κ2) is 3.94. The molecule has 4 N–H and O–H groups in total. The molecule has 0 spiro atoms. The highest BCUT2D eigenvalue weighted by molar-refractivity contribution is 9.10. The lowest BCUT2D eigenvalue weighted by Crippen LogP contribution is -2.25. The summed E-state index contributed by atoms with van der Waals surface area (Å²) in [6, 6.07) is 0. The lowest BCUT2D eigenvalue weighted by molar-refractivity contribution is 0.0847. The Morgan fingerprint density at radius 3 is 2.50 bits per heavy atom. The van der Waals surface area contributed by atoms with Gasteiger partial charge >= 0.3 is 0 Å². The number of nitrogen functional groups attached to an aromatic ring is 1. The summed E-state index contributed by atoms with van der Waals surface area (Å²) in [6.07, 6.45) is 0. The number of rotatable bonds is 1. The fourth-order valence-corrected chi connectivity index (χ4v) is 2.01. The molecule has 0 saturated carbocycles. The number of anilines is 1. The molecule has 2 heterocycles. The summed E-state index contributed by atoms with van der Waals surface area (Å²) in [5, 5.41) is 0.318. The first-order valence-electron chi connectivity index (χ1n) is 5.33. The number of ketones is 1. The topological polar surface area (TPSA) is 105 Å². The summed E-state index contributed by atoms with van der Waals surface area (Å²) in [6.45, 7) is 5.29. The molecule has 2 aromatic rings. The minimum absolute atomic E-state index is 0.0359. The average Bonchev–Trinajstić information content (AvgIpc) is 2.52. The Balaban J connectivity index is 2.72. The van der Waals surface area contributed by atoms with E-state index >= 15 is 0 Å². The van der Waals surface area contributed by atoms with Crippen LogP contribution in [0, 0.1) is 5.41 Å². The van der Waals surface area contributed by atoms with Crippen LogP contribution >= 0.6 is 15.9 Å². The van der Waals surface area contributed by atoms with Crippen LogP contribution in [0.4, 0.5) is 5.82 Å². The summed E-state index contributed by atoms with van der Waals surface area (Å²) in [5.74, 6) is 0.114. The second-order valence-electron chi connectivity index (χ2n) is 5.07. The fourth-order valence-electron chi connectivity index (χ4n) is 1.55. The predicted molar refractivity (Wildman–Crippen MR) is 72.6 cm³/mol. The van der Waals surface area contributed by atoms with E-state index in [4.69, 9.17) is 5.73 Å². The monoisotopic (exact) mass is 312 g/mol. The molecule has 0 aromatic carbocycles. The molecule has 0 fully saturated rings. The molecule has 0 saturated heterocycles. The maximum Gasteiger partial charge on any atom is 0.261 e. The Morgan fingerprint density at radius 2 is 1.94 bits per heavy atom. The van der Waals surface area contributed by atoms with E-state index in [9.17, 15) is 9.59 Å². The zero-order valence-electron chi connectivity index (χ0n) is 10.2. The summed E-state index contributed by atoms with van der Waals surface area (Å²) < 4.78 is 0.459. The van der Waals surface area contributed by atoms with Crippen molar-refractivity contribution in [2.45, 2.75) is 20.8 Å². The number of aromatic nitrogens is 3. The molecule has 0 amide bonds.